The predicted molar refractivity (Wildman–Crippen MR) is 81.6 cm³/mol. The lowest BCUT2D eigenvalue weighted by molar-refractivity contribution is -0.113. The van der Waals surface area contributed by atoms with Crippen LogP contribution in [0.25, 0.3) is 0 Å². The van der Waals surface area contributed by atoms with Crippen LogP contribution in [0.2, 0.25) is 5.02 Å². The molecule has 0 bridgehead atoms. The summed E-state index contributed by atoms with van der Waals surface area (Å²) in [6, 6.07) is 11.1. The molecule has 3 nitrogen and oxygen atoms in total. The van der Waals surface area contributed by atoms with Crippen molar-refractivity contribution in [3.8, 4) is 0 Å². The topological polar surface area (TPSA) is 55.1 Å². The lowest BCUT2D eigenvalue weighted by atomic mass is 10.3. The van der Waals surface area contributed by atoms with Crippen molar-refractivity contribution in [1.29, 1.82) is 0 Å². The van der Waals surface area contributed by atoms with Gasteiger partial charge in [-0.05, 0) is 30.3 Å². The minimum absolute atomic E-state index is 0.169. The second-order valence-corrected chi connectivity index (χ2v) is 5.42. The number of hydrogen-bond donors (Lipinski definition) is 2. The third kappa shape index (κ3) is 3.88. The summed E-state index contributed by atoms with van der Waals surface area (Å²) in [5.74, 6) is -0.478. The monoisotopic (exact) mass is 310 g/mol. The predicted octanol–water partition coefficient (Wildman–Crippen LogP) is 3.79. The number of thioether (sulfide) groups is 1. The fourth-order valence-corrected chi connectivity index (χ4v) is 2.52. The molecule has 0 aromatic heterocycles. The summed E-state index contributed by atoms with van der Waals surface area (Å²) in [7, 11) is 0. The van der Waals surface area contributed by atoms with Crippen LogP contribution in [0.1, 0.15) is 0 Å². The Balaban J connectivity index is 1.94. The molecular weight excluding hydrogens is 299 g/mol. The standard InChI is InChI=1S/C14H12ClFN2OS/c15-10-7-9(16)5-6-12(10)18-14(19)8-20-13-4-2-1-3-11(13)17/h1-7H,8,17H2,(H,18,19). The Kier molecular flexibility index (Phi) is 4.87. The van der Waals surface area contributed by atoms with Crippen molar-refractivity contribution >= 4 is 40.6 Å². The zero-order valence-corrected chi connectivity index (χ0v) is 12.0. The zero-order chi connectivity index (χ0) is 14.5. The highest BCUT2D eigenvalue weighted by molar-refractivity contribution is 8.00. The van der Waals surface area contributed by atoms with Gasteiger partial charge >= 0.3 is 0 Å². The minimum atomic E-state index is -0.445. The van der Waals surface area contributed by atoms with E-state index in [-0.39, 0.29) is 16.7 Å². The zero-order valence-electron chi connectivity index (χ0n) is 10.4. The molecule has 0 atom stereocenters. The lowest BCUT2D eigenvalue weighted by Crippen LogP contribution is -2.14. The van der Waals surface area contributed by atoms with Gasteiger partial charge in [-0.15, -0.1) is 11.8 Å². The molecule has 104 valence electrons. The number of nitrogen functional groups attached to an aromatic ring is 1. The maximum Gasteiger partial charge on any atom is 0.234 e. The van der Waals surface area contributed by atoms with E-state index in [1.165, 1.54) is 23.9 Å². The third-order valence-corrected chi connectivity index (χ3v) is 3.89. The molecule has 2 rings (SSSR count). The molecule has 1 amide bonds. The first-order chi connectivity index (χ1) is 9.56. The third-order valence-electron chi connectivity index (χ3n) is 2.48. The van der Waals surface area contributed by atoms with Gasteiger partial charge in [0.1, 0.15) is 5.82 Å². The summed E-state index contributed by atoms with van der Waals surface area (Å²) < 4.78 is 12.9. The van der Waals surface area contributed by atoms with E-state index in [4.69, 9.17) is 17.3 Å². The fourth-order valence-electron chi connectivity index (χ4n) is 1.53. The summed E-state index contributed by atoms with van der Waals surface area (Å²) in [6.45, 7) is 0. The Labute approximate surface area is 125 Å². The number of benzene rings is 2. The maximum atomic E-state index is 12.9. The van der Waals surface area contributed by atoms with Crippen LogP contribution in [0.4, 0.5) is 15.8 Å². The molecule has 0 saturated heterocycles. The highest BCUT2D eigenvalue weighted by atomic mass is 35.5. The van der Waals surface area contributed by atoms with Gasteiger partial charge in [-0.1, -0.05) is 23.7 Å². The molecule has 0 saturated carbocycles. The lowest BCUT2D eigenvalue weighted by Gasteiger charge is -2.08. The molecule has 0 aliphatic heterocycles. The highest BCUT2D eigenvalue weighted by Gasteiger charge is 2.08. The van der Waals surface area contributed by atoms with Crippen LogP contribution in [0.15, 0.2) is 47.4 Å². The van der Waals surface area contributed by atoms with E-state index in [1.54, 1.807) is 6.07 Å². The molecule has 0 aliphatic rings. The second kappa shape index (κ2) is 6.63. The van der Waals surface area contributed by atoms with Crippen LogP contribution in [0.5, 0.6) is 0 Å². The van der Waals surface area contributed by atoms with Gasteiger partial charge in [0.25, 0.3) is 0 Å². The molecule has 0 aliphatic carbocycles. The largest absolute Gasteiger partial charge is 0.398 e. The van der Waals surface area contributed by atoms with Gasteiger partial charge in [0, 0.05) is 10.6 Å². The molecule has 0 radical (unpaired) electrons. The number of hydrogen-bond acceptors (Lipinski definition) is 3. The summed E-state index contributed by atoms with van der Waals surface area (Å²) in [4.78, 5) is 12.6. The summed E-state index contributed by atoms with van der Waals surface area (Å²) >= 11 is 7.16. The van der Waals surface area contributed by atoms with E-state index in [9.17, 15) is 9.18 Å². The maximum absolute atomic E-state index is 12.9. The number of rotatable bonds is 4. The molecule has 3 N–H and O–H groups in total. The average Bonchev–Trinajstić information content (AvgIpc) is 2.41. The van der Waals surface area contributed by atoms with Crippen molar-refractivity contribution in [3.05, 3.63) is 53.3 Å². The van der Waals surface area contributed by atoms with Gasteiger partial charge in [-0.2, -0.15) is 0 Å². The van der Waals surface area contributed by atoms with Gasteiger partial charge in [0.15, 0.2) is 0 Å². The molecule has 2 aromatic carbocycles. The Morgan fingerprint density at radius 2 is 2.05 bits per heavy atom. The average molecular weight is 311 g/mol. The van der Waals surface area contributed by atoms with Crippen LogP contribution in [-0.2, 0) is 4.79 Å². The van der Waals surface area contributed by atoms with Crippen molar-refractivity contribution in [1.82, 2.24) is 0 Å². The second-order valence-electron chi connectivity index (χ2n) is 4.00. The number of carbonyl (C=O) groups is 1. The first-order valence-electron chi connectivity index (χ1n) is 5.78. The summed E-state index contributed by atoms with van der Waals surface area (Å²) in [6.07, 6.45) is 0. The number of amides is 1. The summed E-state index contributed by atoms with van der Waals surface area (Å²) in [5.41, 5.74) is 6.80. The summed E-state index contributed by atoms with van der Waals surface area (Å²) in [5, 5.41) is 2.80. The Morgan fingerprint density at radius 3 is 2.75 bits per heavy atom. The van der Waals surface area contributed by atoms with E-state index >= 15 is 0 Å². The van der Waals surface area contributed by atoms with Gasteiger partial charge in [0.05, 0.1) is 16.5 Å². The molecule has 0 spiro atoms. The van der Waals surface area contributed by atoms with Crippen LogP contribution in [-0.4, -0.2) is 11.7 Å². The van der Waals surface area contributed by atoms with Crippen molar-refractivity contribution in [2.75, 3.05) is 16.8 Å². The van der Waals surface area contributed by atoms with Crippen LogP contribution < -0.4 is 11.1 Å². The number of nitrogens with two attached hydrogens (primary N) is 1. The normalized spacial score (nSPS) is 10.3. The van der Waals surface area contributed by atoms with Gasteiger partial charge in [-0.25, -0.2) is 4.39 Å². The minimum Gasteiger partial charge on any atom is -0.398 e. The molecule has 20 heavy (non-hydrogen) atoms. The number of halogens is 2. The van der Waals surface area contributed by atoms with Crippen LogP contribution in [0.3, 0.4) is 0 Å². The molecule has 0 fully saturated rings. The quantitative estimate of drug-likeness (QED) is 0.667. The number of carbonyl (C=O) groups excluding carboxylic acids is 1. The van der Waals surface area contributed by atoms with Crippen LogP contribution >= 0.6 is 23.4 Å². The van der Waals surface area contributed by atoms with E-state index in [0.717, 1.165) is 11.0 Å². The van der Waals surface area contributed by atoms with Gasteiger partial charge < -0.3 is 11.1 Å². The van der Waals surface area contributed by atoms with E-state index in [0.29, 0.717) is 11.4 Å². The Hall–Kier alpha value is -1.72. The molecular formula is C14H12ClFN2OS. The molecule has 6 heteroatoms. The van der Waals surface area contributed by atoms with Crippen molar-refractivity contribution in [2.24, 2.45) is 0 Å². The Bertz CT molecular complexity index is 636. The van der Waals surface area contributed by atoms with E-state index in [1.807, 2.05) is 18.2 Å². The number of nitrogens with one attached hydrogen (secondary N) is 1. The van der Waals surface area contributed by atoms with Crippen molar-refractivity contribution in [2.45, 2.75) is 4.90 Å². The Morgan fingerprint density at radius 1 is 1.30 bits per heavy atom. The SMILES string of the molecule is Nc1ccccc1SCC(=O)Nc1ccc(F)cc1Cl. The first kappa shape index (κ1) is 14.7. The molecule has 2 aromatic rings. The smallest absolute Gasteiger partial charge is 0.234 e. The first-order valence-corrected chi connectivity index (χ1v) is 7.15. The van der Waals surface area contributed by atoms with Crippen LogP contribution in [0, 0.1) is 5.82 Å². The fraction of sp³-hybridized carbons (Fsp3) is 0.0714. The van der Waals surface area contributed by atoms with E-state index < -0.39 is 5.82 Å². The highest BCUT2D eigenvalue weighted by Crippen LogP contribution is 2.26. The van der Waals surface area contributed by atoms with Gasteiger partial charge in [-0.3, -0.25) is 4.79 Å². The molecule has 0 heterocycles. The van der Waals surface area contributed by atoms with Crippen molar-refractivity contribution in [3.63, 3.8) is 0 Å². The molecule has 0 unspecified atom stereocenters. The van der Waals surface area contributed by atoms with Gasteiger partial charge in [0.2, 0.25) is 5.91 Å². The number of anilines is 2. The van der Waals surface area contributed by atoms with E-state index in [2.05, 4.69) is 5.32 Å². The van der Waals surface area contributed by atoms with Crippen molar-refractivity contribution < 1.29 is 9.18 Å². The number of para-hydroxylation sites is 1.